The molecule has 0 aromatic carbocycles. The Labute approximate surface area is 28.6 Å². The first-order chi connectivity index (χ1) is 2.50. The van der Waals surface area contributed by atoms with Gasteiger partial charge >= 0.3 is 6.34 Å². The summed E-state index contributed by atoms with van der Waals surface area (Å²) in [6.07, 6.45) is 2.26. The van der Waals surface area contributed by atoms with Gasteiger partial charge in [0.15, 0.2) is 5.22 Å². The second-order valence-electron chi connectivity index (χ2n) is 0.513. The summed E-state index contributed by atoms with van der Waals surface area (Å²) in [5.41, 5.74) is 2.26. The molecule has 1 heterocycles. The lowest BCUT2D eigenvalue weighted by Gasteiger charge is -1.43. The summed E-state index contributed by atoms with van der Waals surface area (Å²) in [5, 5.41) is 9.47. The molecule has 1 aliphatic rings. The number of rotatable bonds is 0. The molecule has 0 saturated heterocycles. The van der Waals surface area contributed by atoms with Gasteiger partial charge in [0.05, 0.1) is 0 Å². The molecule has 0 aromatic heterocycles. The van der Waals surface area contributed by atoms with Gasteiger partial charge in [0.2, 0.25) is 5.22 Å². The van der Waals surface area contributed by atoms with Gasteiger partial charge in [-0.15, -0.1) is 5.43 Å². The molecule has 2 radical (unpaired) electrons. The Morgan fingerprint density at radius 1 is 1.80 bits per heavy atom. The molecule has 0 unspecified atom stereocenters. The SMILES string of the molecule is [C]1=NN=[N+]N1. The van der Waals surface area contributed by atoms with Gasteiger partial charge in [0.1, 0.15) is 5.10 Å². The molecule has 0 bridgehead atoms. The minimum atomic E-state index is 2.26. The van der Waals surface area contributed by atoms with Crippen molar-refractivity contribution in [2.24, 2.45) is 10.3 Å². The first kappa shape index (κ1) is 2.32. The molecule has 0 spiro atoms. The Bertz CT molecular complexity index is 61.7. The first-order valence-electron chi connectivity index (χ1n) is 1.10. The summed E-state index contributed by atoms with van der Waals surface area (Å²) in [5.74, 6) is 0. The van der Waals surface area contributed by atoms with Crippen LogP contribution >= 0.6 is 0 Å². The Kier molecular flexibility index (Phi) is 0.368. The maximum absolute atomic E-state index is 3.18. The molecular formula is CHN4+. The van der Waals surface area contributed by atoms with E-state index < -0.39 is 0 Å². The average Bonchev–Trinajstić information content (AvgIpc) is 1.76. The largest absolute Gasteiger partial charge is 0.385 e. The summed E-state index contributed by atoms with van der Waals surface area (Å²) >= 11 is 0. The van der Waals surface area contributed by atoms with Crippen molar-refractivity contribution in [3.05, 3.63) is 0 Å². The Hall–Kier alpha value is -0.930. The molecular weight excluding hydrogens is 68.0 g/mol. The summed E-state index contributed by atoms with van der Waals surface area (Å²) < 4.78 is 0. The van der Waals surface area contributed by atoms with Gasteiger partial charge in [-0.05, 0) is 0 Å². The number of nitrogens with zero attached hydrogens (tertiary/aromatic N) is 3. The van der Waals surface area contributed by atoms with E-state index in [1.165, 1.54) is 0 Å². The fourth-order valence-corrected chi connectivity index (χ4v) is 0.112. The fourth-order valence-electron chi connectivity index (χ4n) is 0.112. The van der Waals surface area contributed by atoms with E-state index in [9.17, 15) is 0 Å². The average molecular weight is 69.0 g/mol. The van der Waals surface area contributed by atoms with Crippen LogP contribution in [0, 0.1) is 0 Å². The molecule has 1 rings (SSSR count). The molecule has 0 aromatic rings. The third-order valence-electron chi connectivity index (χ3n) is 0.239. The van der Waals surface area contributed by atoms with Gasteiger partial charge in [0, 0.05) is 0 Å². The standard InChI is InChI=1S/CHN4/c1-2-4-5-3-1/h(H,2,3,4)/q+1. The molecule has 4 nitrogen and oxygen atoms in total. The van der Waals surface area contributed by atoms with Crippen molar-refractivity contribution in [1.82, 2.24) is 10.6 Å². The molecule has 5 heavy (non-hydrogen) atoms. The van der Waals surface area contributed by atoms with Crippen LogP contribution in [0.2, 0.25) is 0 Å². The van der Waals surface area contributed by atoms with Crippen LogP contribution < -0.4 is 10.6 Å². The van der Waals surface area contributed by atoms with Crippen molar-refractivity contribution in [1.29, 1.82) is 0 Å². The van der Waals surface area contributed by atoms with Crippen molar-refractivity contribution < 1.29 is 0 Å². The van der Waals surface area contributed by atoms with Gasteiger partial charge in [-0.1, -0.05) is 0 Å². The van der Waals surface area contributed by atoms with E-state index in [2.05, 4.69) is 27.3 Å². The van der Waals surface area contributed by atoms with Gasteiger partial charge in [0.25, 0.3) is 0 Å². The van der Waals surface area contributed by atoms with Crippen molar-refractivity contribution in [2.45, 2.75) is 0 Å². The quantitative estimate of drug-likeness (QED) is 0.394. The maximum Gasteiger partial charge on any atom is 0.385 e. The monoisotopic (exact) mass is 69.0 g/mol. The van der Waals surface area contributed by atoms with Gasteiger partial charge < -0.3 is 0 Å². The van der Waals surface area contributed by atoms with E-state index in [0.29, 0.717) is 0 Å². The maximum atomic E-state index is 3.18. The zero-order chi connectivity index (χ0) is 3.54. The highest BCUT2D eigenvalue weighted by atomic mass is 15.6. The highest BCUT2D eigenvalue weighted by molar-refractivity contribution is 5.53. The molecule has 0 saturated carbocycles. The molecule has 0 fully saturated rings. The zero-order valence-electron chi connectivity index (χ0n) is 2.34. The predicted molar refractivity (Wildman–Crippen MR) is 15.1 cm³/mol. The normalized spacial score (nSPS) is 16.0. The topological polar surface area (TPSA) is 50.9 Å². The van der Waals surface area contributed by atoms with Crippen LogP contribution in [0.15, 0.2) is 10.3 Å². The van der Waals surface area contributed by atoms with E-state index in [1.807, 2.05) is 0 Å². The van der Waals surface area contributed by atoms with E-state index in [-0.39, 0.29) is 0 Å². The Morgan fingerprint density at radius 3 is 3.00 bits per heavy atom. The van der Waals surface area contributed by atoms with Crippen molar-refractivity contribution in [2.75, 3.05) is 0 Å². The predicted octanol–water partition coefficient (Wildman–Crippen LogP) is -0.887. The van der Waals surface area contributed by atoms with Crippen molar-refractivity contribution in [3.63, 3.8) is 0 Å². The lowest BCUT2D eigenvalue weighted by Crippen LogP contribution is -2.04. The smallest absolute Gasteiger partial charge is 0.113 e. The van der Waals surface area contributed by atoms with Crippen LogP contribution in [0.4, 0.5) is 0 Å². The second kappa shape index (κ2) is 0.794. The van der Waals surface area contributed by atoms with E-state index in [1.54, 1.807) is 0 Å². The van der Waals surface area contributed by atoms with Crippen LogP contribution in [-0.2, 0) is 0 Å². The summed E-state index contributed by atoms with van der Waals surface area (Å²) in [6, 6.07) is 0. The highest BCUT2D eigenvalue weighted by Crippen LogP contribution is 1.62. The molecule has 0 aliphatic carbocycles. The Balaban J connectivity index is 2.61. The highest BCUT2D eigenvalue weighted by Gasteiger charge is 1.93. The van der Waals surface area contributed by atoms with E-state index >= 15 is 0 Å². The van der Waals surface area contributed by atoms with Crippen LogP contribution in [0.5, 0.6) is 0 Å². The summed E-state index contributed by atoms with van der Waals surface area (Å²) in [6.45, 7) is 0. The third-order valence-corrected chi connectivity index (χ3v) is 0.239. The lowest BCUT2D eigenvalue weighted by atomic mass is 11.4. The molecule has 24 valence electrons. The lowest BCUT2D eigenvalue weighted by molar-refractivity contribution is 0.824. The van der Waals surface area contributed by atoms with Gasteiger partial charge in [-0.2, -0.15) is 0 Å². The first-order valence-corrected chi connectivity index (χ1v) is 1.10. The number of hydrogen-bond donors (Lipinski definition) is 1. The molecule has 4 heteroatoms. The van der Waals surface area contributed by atoms with E-state index in [4.69, 9.17) is 0 Å². The Morgan fingerprint density at radius 2 is 2.80 bits per heavy atom. The third kappa shape index (κ3) is 0.212. The van der Waals surface area contributed by atoms with Crippen LogP contribution in [-0.4, -0.2) is 6.34 Å². The summed E-state index contributed by atoms with van der Waals surface area (Å²) in [4.78, 5) is 0. The molecule has 1 N–H and O–H groups in total. The molecule has 0 amide bonds. The van der Waals surface area contributed by atoms with Gasteiger partial charge in [-0.3, -0.25) is 0 Å². The second-order valence-corrected chi connectivity index (χ2v) is 0.513. The number of nitrogens with one attached hydrogen (secondary N) is 1. The van der Waals surface area contributed by atoms with Crippen LogP contribution in [0.25, 0.3) is 0 Å². The molecule has 1 aliphatic heterocycles. The van der Waals surface area contributed by atoms with Crippen molar-refractivity contribution in [3.8, 4) is 0 Å². The fraction of sp³-hybridized carbons (Fsp3) is 0. The van der Waals surface area contributed by atoms with Crippen LogP contribution in [0.3, 0.4) is 0 Å². The zero-order valence-corrected chi connectivity index (χ0v) is 2.34. The molecule has 0 atom stereocenters. The van der Waals surface area contributed by atoms with Gasteiger partial charge in [-0.25, -0.2) is 0 Å². The number of hydrogen-bond acceptors (Lipinski definition) is 4. The minimum absolute atomic E-state index is 2.26. The minimum Gasteiger partial charge on any atom is -0.113 e. The van der Waals surface area contributed by atoms with E-state index in [0.717, 1.165) is 0 Å². The van der Waals surface area contributed by atoms with Crippen molar-refractivity contribution >= 4 is 6.34 Å². The van der Waals surface area contributed by atoms with Crippen LogP contribution in [0.1, 0.15) is 0 Å². The summed E-state index contributed by atoms with van der Waals surface area (Å²) in [7, 11) is 0.